The lowest BCUT2D eigenvalue weighted by Crippen LogP contribution is -2.03. The van der Waals surface area contributed by atoms with Gasteiger partial charge in [0.1, 0.15) is 23.3 Å². The highest BCUT2D eigenvalue weighted by molar-refractivity contribution is 5.66. The highest BCUT2D eigenvalue weighted by atomic mass is 15.1. The summed E-state index contributed by atoms with van der Waals surface area (Å²) in [5.41, 5.74) is 12.2. The van der Waals surface area contributed by atoms with Crippen LogP contribution in [0.2, 0.25) is 0 Å². The number of rotatable bonds is 0. The minimum atomic E-state index is 0.318. The number of nitrogen functional groups attached to an aromatic ring is 2. The van der Waals surface area contributed by atoms with E-state index in [1.807, 2.05) is 6.07 Å². The van der Waals surface area contributed by atoms with Crippen LogP contribution in [0, 0.1) is 18.3 Å². The lowest BCUT2D eigenvalue weighted by atomic mass is 10.3. The average molecular weight is 188 g/mol. The van der Waals surface area contributed by atoms with Gasteiger partial charge in [0.25, 0.3) is 0 Å². The number of imidazole rings is 1. The topological polar surface area (TPSA) is 106 Å². The molecule has 0 aliphatic carbocycles. The summed E-state index contributed by atoms with van der Waals surface area (Å²) in [4.78, 5) is 8.02. The molecule has 2 rings (SSSR count). The maximum absolute atomic E-state index is 8.74. The summed E-state index contributed by atoms with van der Waals surface area (Å²) in [5, 5.41) is 8.74. The van der Waals surface area contributed by atoms with Gasteiger partial charge in [-0.25, -0.2) is 9.97 Å². The Labute approximate surface area is 79.8 Å². The Morgan fingerprint density at radius 3 is 2.86 bits per heavy atom. The molecule has 0 saturated heterocycles. The van der Waals surface area contributed by atoms with E-state index in [9.17, 15) is 0 Å². The molecule has 2 aromatic rings. The fourth-order valence-corrected chi connectivity index (χ4v) is 1.35. The van der Waals surface area contributed by atoms with Gasteiger partial charge in [-0.1, -0.05) is 0 Å². The van der Waals surface area contributed by atoms with E-state index in [1.165, 1.54) is 6.20 Å². The molecule has 0 bridgehead atoms. The van der Waals surface area contributed by atoms with Gasteiger partial charge >= 0.3 is 0 Å². The molecule has 2 aromatic heterocycles. The van der Waals surface area contributed by atoms with Crippen LogP contribution in [-0.2, 0) is 0 Å². The Hall–Kier alpha value is -2.29. The van der Waals surface area contributed by atoms with Crippen LogP contribution in [0.15, 0.2) is 6.20 Å². The van der Waals surface area contributed by atoms with E-state index >= 15 is 0 Å². The largest absolute Gasteiger partial charge is 0.384 e. The van der Waals surface area contributed by atoms with Gasteiger partial charge in [-0.3, -0.25) is 4.40 Å². The molecular formula is C8H8N6. The smallest absolute Gasteiger partial charge is 0.182 e. The van der Waals surface area contributed by atoms with Crippen molar-refractivity contribution < 1.29 is 0 Å². The van der Waals surface area contributed by atoms with Gasteiger partial charge in [0.2, 0.25) is 0 Å². The second-order valence-electron chi connectivity index (χ2n) is 2.87. The lowest BCUT2D eigenvalue weighted by Gasteiger charge is -2.02. The first-order chi connectivity index (χ1) is 6.65. The zero-order valence-corrected chi connectivity index (χ0v) is 7.52. The van der Waals surface area contributed by atoms with E-state index in [-0.39, 0.29) is 0 Å². The zero-order valence-electron chi connectivity index (χ0n) is 7.52. The van der Waals surface area contributed by atoms with Crippen molar-refractivity contribution in [2.45, 2.75) is 6.92 Å². The third-order valence-corrected chi connectivity index (χ3v) is 2.00. The summed E-state index contributed by atoms with van der Waals surface area (Å²) in [7, 11) is 0. The summed E-state index contributed by atoms with van der Waals surface area (Å²) >= 11 is 0. The predicted octanol–water partition coefficient (Wildman–Crippen LogP) is 0.0738. The third-order valence-electron chi connectivity index (χ3n) is 2.00. The summed E-state index contributed by atoms with van der Waals surface area (Å²) in [6.07, 6.45) is 1.39. The zero-order chi connectivity index (χ0) is 10.3. The van der Waals surface area contributed by atoms with E-state index in [4.69, 9.17) is 16.7 Å². The van der Waals surface area contributed by atoms with Crippen LogP contribution in [0.25, 0.3) is 5.65 Å². The number of nitrogens with two attached hydrogens (primary N) is 2. The summed E-state index contributed by atoms with van der Waals surface area (Å²) in [6, 6.07) is 1.95. The SMILES string of the molecule is Cc1nc(N)c2ncc(C#N)c(N)n12. The molecule has 0 aliphatic rings. The minimum Gasteiger partial charge on any atom is -0.384 e. The lowest BCUT2D eigenvalue weighted by molar-refractivity contribution is 1.03. The molecule has 6 nitrogen and oxygen atoms in total. The second kappa shape index (κ2) is 2.60. The molecular weight excluding hydrogens is 180 g/mol. The first-order valence-electron chi connectivity index (χ1n) is 3.94. The van der Waals surface area contributed by atoms with Crippen molar-refractivity contribution in [3.63, 3.8) is 0 Å². The molecule has 14 heavy (non-hydrogen) atoms. The molecule has 0 unspecified atom stereocenters. The van der Waals surface area contributed by atoms with Crippen molar-refractivity contribution in [3.8, 4) is 6.07 Å². The van der Waals surface area contributed by atoms with Crippen LogP contribution in [0.1, 0.15) is 11.4 Å². The maximum Gasteiger partial charge on any atom is 0.182 e. The van der Waals surface area contributed by atoms with Crippen molar-refractivity contribution in [1.29, 1.82) is 5.26 Å². The number of hydrogen-bond donors (Lipinski definition) is 2. The monoisotopic (exact) mass is 188 g/mol. The maximum atomic E-state index is 8.74. The molecule has 0 fully saturated rings. The minimum absolute atomic E-state index is 0.318. The fourth-order valence-electron chi connectivity index (χ4n) is 1.35. The molecule has 0 aromatic carbocycles. The number of aromatic nitrogens is 3. The van der Waals surface area contributed by atoms with Crippen LogP contribution in [0.5, 0.6) is 0 Å². The van der Waals surface area contributed by atoms with Crippen LogP contribution in [0.3, 0.4) is 0 Å². The number of nitriles is 1. The van der Waals surface area contributed by atoms with Crippen LogP contribution in [0.4, 0.5) is 11.6 Å². The number of anilines is 2. The van der Waals surface area contributed by atoms with Crippen molar-refractivity contribution in [1.82, 2.24) is 14.4 Å². The molecule has 0 spiro atoms. The van der Waals surface area contributed by atoms with Crippen LogP contribution in [-0.4, -0.2) is 14.4 Å². The van der Waals surface area contributed by atoms with E-state index < -0.39 is 0 Å². The Kier molecular flexibility index (Phi) is 1.54. The molecule has 0 atom stereocenters. The second-order valence-corrected chi connectivity index (χ2v) is 2.87. The summed E-state index contributed by atoms with van der Waals surface area (Å²) < 4.78 is 1.56. The van der Waals surface area contributed by atoms with Gasteiger partial charge in [0.15, 0.2) is 11.5 Å². The van der Waals surface area contributed by atoms with Gasteiger partial charge in [0, 0.05) is 0 Å². The highest BCUT2D eigenvalue weighted by Gasteiger charge is 2.11. The van der Waals surface area contributed by atoms with Gasteiger partial charge in [-0.15, -0.1) is 0 Å². The third kappa shape index (κ3) is 0.894. The molecule has 0 saturated carbocycles. The number of aryl methyl sites for hydroxylation is 1. The van der Waals surface area contributed by atoms with E-state index in [2.05, 4.69) is 9.97 Å². The van der Waals surface area contributed by atoms with Crippen molar-refractivity contribution in [3.05, 3.63) is 17.6 Å². The predicted molar refractivity (Wildman–Crippen MR) is 51.3 cm³/mol. The Morgan fingerprint density at radius 1 is 1.50 bits per heavy atom. The summed E-state index contributed by atoms with van der Waals surface area (Å²) in [6.45, 7) is 1.75. The van der Waals surface area contributed by atoms with Gasteiger partial charge in [-0.2, -0.15) is 5.26 Å². The van der Waals surface area contributed by atoms with Crippen molar-refractivity contribution >= 4 is 17.3 Å². The Balaban J connectivity index is 2.96. The fraction of sp³-hybridized carbons (Fsp3) is 0.125. The Bertz CT molecular complexity index is 547. The van der Waals surface area contributed by atoms with Crippen molar-refractivity contribution in [2.24, 2.45) is 0 Å². The quantitative estimate of drug-likeness (QED) is 0.608. The van der Waals surface area contributed by atoms with Gasteiger partial charge in [0.05, 0.1) is 6.20 Å². The van der Waals surface area contributed by atoms with Crippen molar-refractivity contribution in [2.75, 3.05) is 11.5 Å². The highest BCUT2D eigenvalue weighted by Crippen LogP contribution is 2.18. The molecule has 0 radical (unpaired) electrons. The Morgan fingerprint density at radius 2 is 2.21 bits per heavy atom. The van der Waals surface area contributed by atoms with Crippen LogP contribution >= 0.6 is 0 Å². The summed E-state index contributed by atoms with van der Waals surface area (Å²) in [5.74, 6) is 1.26. The number of nitrogens with zero attached hydrogens (tertiary/aromatic N) is 4. The standard InChI is InChI=1S/C8H8N6/c1-4-13-6(10)8-12-3-5(2-9)7(11)14(4)8/h3H,10-11H2,1H3. The normalized spacial score (nSPS) is 10.3. The number of hydrogen-bond acceptors (Lipinski definition) is 5. The van der Waals surface area contributed by atoms with Gasteiger partial charge in [-0.05, 0) is 6.92 Å². The average Bonchev–Trinajstić information content (AvgIpc) is 2.44. The molecule has 4 N–H and O–H groups in total. The van der Waals surface area contributed by atoms with E-state index in [0.717, 1.165) is 0 Å². The van der Waals surface area contributed by atoms with Gasteiger partial charge < -0.3 is 11.5 Å². The van der Waals surface area contributed by atoms with E-state index in [1.54, 1.807) is 11.3 Å². The molecule has 0 aliphatic heterocycles. The van der Waals surface area contributed by atoms with Crippen LogP contribution < -0.4 is 11.5 Å². The molecule has 6 heteroatoms. The molecule has 0 amide bonds. The first-order valence-corrected chi connectivity index (χ1v) is 3.94. The molecule has 70 valence electrons. The van der Waals surface area contributed by atoms with E-state index in [0.29, 0.717) is 28.7 Å². The number of fused-ring (bicyclic) bond motifs is 1. The first kappa shape index (κ1) is 8.31. The molecule has 2 heterocycles.